The number of aromatic nitrogens is 5. The van der Waals surface area contributed by atoms with Crippen LogP contribution in [-0.2, 0) is 7.05 Å². The second kappa shape index (κ2) is 11.0. The zero-order valence-electron chi connectivity index (χ0n) is 23.9. The SMILES string of the molecule is CN1CCN([C@H]2CC[C@@H](n3cc(-c4ccc(Nc5nc6cc(Cl)cc(Cl)c6n5C)cc4)c4c(N)ncnc43)CC2)CC1. The van der Waals surface area contributed by atoms with Crippen LogP contribution in [-0.4, -0.2) is 73.2 Å². The van der Waals surface area contributed by atoms with E-state index in [9.17, 15) is 0 Å². The average Bonchev–Trinajstić information content (AvgIpc) is 3.52. The highest BCUT2D eigenvalue weighted by Crippen LogP contribution is 2.39. The van der Waals surface area contributed by atoms with Crippen LogP contribution >= 0.6 is 23.2 Å². The molecule has 5 aromatic rings. The number of benzene rings is 2. The lowest BCUT2D eigenvalue weighted by Crippen LogP contribution is -2.49. The summed E-state index contributed by atoms with van der Waals surface area (Å²) in [4.78, 5) is 18.9. The predicted octanol–water partition coefficient (Wildman–Crippen LogP) is 6.35. The minimum atomic E-state index is 0.401. The Morgan fingerprint density at radius 1 is 0.905 bits per heavy atom. The Balaban J connectivity index is 1.13. The smallest absolute Gasteiger partial charge is 0.208 e. The number of hydrogen-bond donors (Lipinski definition) is 2. The maximum absolute atomic E-state index is 6.46. The van der Waals surface area contributed by atoms with Crippen molar-refractivity contribution in [3.05, 3.63) is 59.0 Å². The fraction of sp³-hybridized carbons (Fsp3) is 0.387. The van der Waals surface area contributed by atoms with Gasteiger partial charge in [-0.3, -0.25) is 4.90 Å². The molecule has 9 nitrogen and oxygen atoms in total. The molecule has 0 bridgehead atoms. The monoisotopic (exact) mass is 603 g/mol. The highest BCUT2D eigenvalue weighted by Gasteiger charge is 2.30. The van der Waals surface area contributed by atoms with Gasteiger partial charge in [-0.2, -0.15) is 0 Å². The number of nitrogens with zero attached hydrogens (tertiary/aromatic N) is 7. The number of nitrogens with two attached hydrogens (primary N) is 1. The fourth-order valence-electron chi connectivity index (χ4n) is 6.73. The number of likely N-dealkylation sites (N-methyl/N-ethyl adjacent to an activating group) is 1. The molecule has 3 N–H and O–H groups in total. The molecule has 0 unspecified atom stereocenters. The molecule has 4 heterocycles. The molecule has 1 aliphatic carbocycles. The molecule has 7 rings (SSSR count). The number of imidazole rings is 1. The van der Waals surface area contributed by atoms with Gasteiger partial charge >= 0.3 is 0 Å². The second-order valence-corrected chi connectivity index (χ2v) is 12.5. The molecule has 1 saturated carbocycles. The van der Waals surface area contributed by atoms with Crippen molar-refractivity contribution >= 4 is 62.7 Å². The van der Waals surface area contributed by atoms with Gasteiger partial charge < -0.3 is 25.1 Å². The van der Waals surface area contributed by atoms with Gasteiger partial charge in [-0.15, -0.1) is 0 Å². The van der Waals surface area contributed by atoms with E-state index in [1.165, 1.54) is 25.9 Å². The first-order chi connectivity index (χ1) is 20.4. The number of anilines is 3. The summed E-state index contributed by atoms with van der Waals surface area (Å²) in [6, 6.07) is 12.9. The molecule has 1 saturated heterocycles. The maximum Gasteiger partial charge on any atom is 0.208 e. The molecule has 3 aromatic heterocycles. The third-order valence-corrected chi connectivity index (χ3v) is 9.60. The maximum atomic E-state index is 6.46. The number of rotatable bonds is 5. The molecule has 11 heteroatoms. The summed E-state index contributed by atoms with van der Waals surface area (Å²) in [5.74, 6) is 1.20. The third kappa shape index (κ3) is 4.98. The molecule has 0 atom stereocenters. The van der Waals surface area contributed by atoms with E-state index in [0.717, 1.165) is 64.8 Å². The molecule has 2 aliphatic rings. The van der Waals surface area contributed by atoms with Crippen molar-refractivity contribution in [1.29, 1.82) is 0 Å². The Bertz CT molecular complexity index is 1740. The zero-order chi connectivity index (χ0) is 29.0. The summed E-state index contributed by atoms with van der Waals surface area (Å²) < 4.78 is 4.29. The molecule has 0 radical (unpaired) electrons. The van der Waals surface area contributed by atoms with Gasteiger partial charge in [0.05, 0.1) is 21.4 Å². The Hall–Kier alpha value is -3.37. The Kier molecular flexibility index (Phi) is 7.22. The Labute approximate surface area is 255 Å². The summed E-state index contributed by atoms with van der Waals surface area (Å²) in [5, 5.41) is 5.46. The highest BCUT2D eigenvalue weighted by molar-refractivity contribution is 6.38. The van der Waals surface area contributed by atoms with Crippen LogP contribution in [0.2, 0.25) is 10.0 Å². The van der Waals surface area contributed by atoms with Crippen LogP contribution in [0.1, 0.15) is 31.7 Å². The third-order valence-electron chi connectivity index (χ3n) is 9.09. The van der Waals surface area contributed by atoms with Crippen LogP contribution in [0.4, 0.5) is 17.5 Å². The lowest BCUT2D eigenvalue weighted by molar-refractivity contribution is 0.0828. The van der Waals surface area contributed by atoms with Crippen LogP contribution in [0.25, 0.3) is 33.2 Å². The van der Waals surface area contributed by atoms with Crippen LogP contribution in [0.15, 0.2) is 48.9 Å². The first-order valence-corrected chi connectivity index (χ1v) is 15.3. The van der Waals surface area contributed by atoms with Crippen LogP contribution < -0.4 is 11.1 Å². The number of nitrogens with one attached hydrogen (secondary N) is 1. The first kappa shape index (κ1) is 27.5. The number of nitrogen functional groups attached to an aromatic ring is 1. The number of aryl methyl sites for hydroxylation is 1. The van der Waals surface area contributed by atoms with E-state index in [-0.39, 0.29) is 0 Å². The summed E-state index contributed by atoms with van der Waals surface area (Å²) in [6.07, 6.45) is 8.52. The zero-order valence-corrected chi connectivity index (χ0v) is 25.4. The highest BCUT2D eigenvalue weighted by atomic mass is 35.5. The molecule has 0 spiro atoms. The van der Waals surface area contributed by atoms with E-state index in [0.29, 0.717) is 33.9 Å². The van der Waals surface area contributed by atoms with E-state index in [1.54, 1.807) is 12.4 Å². The summed E-state index contributed by atoms with van der Waals surface area (Å²) in [5.41, 5.74) is 12.0. The van der Waals surface area contributed by atoms with E-state index in [1.807, 2.05) is 29.8 Å². The average molecular weight is 605 g/mol. The predicted molar refractivity (Wildman–Crippen MR) is 172 cm³/mol. The standard InChI is InChI=1S/C31H35Cl2N9/c1-39-11-13-41(14-12-39)22-7-9-23(10-8-22)42-17-24(27-29(34)35-18-36-30(27)42)19-3-5-21(6-4-19)37-31-38-26-16-20(32)15-25(33)28(26)40(31)2/h3-6,15-18,22-23H,7-14H2,1-2H3,(H,37,38)(H2,34,35,36)/t22-,23+. The van der Waals surface area contributed by atoms with Gasteiger partial charge in [-0.25, -0.2) is 15.0 Å². The van der Waals surface area contributed by atoms with E-state index >= 15 is 0 Å². The summed E-state index contributed by atoms with van der Waals surface area (Å²) >= 11 is 12.6. The number of hydrogen-bond acceptors (Lipinski definition) is 7. The van der Waals surface area contributed by atoms with Gasteiger partial charge in [0.25, 0.3) is 0 Å². The molecule has 218 valence electrons. The molecule has 1 aliphatic heterocycles. The lowest BCUT2D eigenvalue weighted by Gasteiger charge is -2.41. The van der Waals surface area contributed by atoms with Gasteiger partial charge in [0.2, 0.25) is 5.95 Å². The van der Waals surface area contributed by atoms with Gasteiger partial charge in [0.15, 0.2) is 0 Å². The number of halogens is 2. The molecular formula is C31H35Cl2N9. The Morgan fingerprint density at radius 3 is 2.36 bits per heavy atom. The minimum Gasteiger partial charge on any atom is -0.383 e. The molecule has 42 heavy (non-hydrogen) atoms. The molecule has 0 amide bonds. The lowest BCUT2D eigenvalue weighted by atomic mass is 9.89. The van der Waals surface area contributed by atoms with E-state index in [4.69, 9.17) is 38.9 Å². The van der Waals surface area contributed by atoms with Gasteiger partial charge in [-0.05, 0) is 62.6 Å². The first-order valence-electron chi connectivity index (χ1n) is 14.6. The van der Waals surface area contributed by atoms with E-state index in [2.05, 4.69) is 50.0 Å². The molecule has 2 aromatic carbocycles. The van der Waals surface area contributed by atoms with Crippen LogP contribution in [0.3, 0.4) is 0 Å². The van der Waals surface area contributed by atoms with Gasteiger partial charge in [0, 0.05) is 67.8 Å². The van der Waals surface area contributed by atoms with Crippen molar-refractivity contribution in [2.45, 2.75) is 37.8 Å². The largest absolute Gasteiger partial charge is 0.383 e. The molecule has 2 fully saturated rings. The van der Waals surface area contributed by atoms with Crippen molar-refractivity contribution in [2.75, 3.05) is 44.3 Å². The van der Waals surface area contributed by atoms with Crippen molar-refractivity contribution < 1.29 is 0 Å². The van der Waals surface area contributed by atoms with Crippen molar-refractivity contribution in [3.8, 4) is 11.1 Å². The van der Waals surface area contributed by atoms with Crippen molar-refractivity contribution in [1.82, 2.24) is 33.9 Å². The van der Waals surface area contributed by atoms with Crippen LogP contribution in [0.5, 0.6) is 0 Å². The summed E-state index contributed by atoms with van der Waals surface area (Å²) in [6.45, 7) is 4.68. The fourth-order valence-corrected chi connectivity index (χ4v) is 7.34. The quantitative estimate of drug-likeness (QED) is 0.242. The van der Waals surface area contributed by atoms with Gasteiger partial charge in [-0.1, -0.05) is 35.3 Å². The number of piperazine rings is 1. The Morgan fingerprint density at radius 2 is 1.62 bits per heavy atom. The summed E-state index contributed by atoms with van der Waals surface area (Å²) in [7, 11) is 4.15. The van der Waals surface area contributed by atoms with Crippen LogP contribution in [0, 0.1) is 0 Å². The minimum absolute atomic E-state index is 0.401. The molecular weight excluding hydrogens is 569 g/mol. The second-order valence-electron chi connectivity index (χ2n) is 11.7. The van der Waals surface area contributed by atoms with Gasteiger partial charge in [0.1, 0.15) is 17.8 Å². The normalized spacial score (nSPS) is 20.5. The van der Waals surface area contributed by atoms with Crippen molar-refractivity contribution in [2.24, 2.45) is 7.05 Å². The number of fused-ring (bicyclic) bond motifs is 2. The topological polar surface area (TPSA) is 93.1 Å². The van der Waals surface area contributed by atoms with E-state index < -0.39 is 0 Å². The van der Waals surface area contributed by atoms with Crippen molar-refractivity contribution in [3.63, 3.8) is 0 Å².